The highest BCUT2D eigenvalue weighted by atomic mass is 31.1. The molecule has 2 aliphatic rings. The highest BCUT2D eigenvalue weighted by molar-refractivity contribution is 7.54. The first-order valence-corrected chi connectivity index (χ1v) is 13.4. The molecule has 0 fully saturated rings. The van der Waals surface area contributed by atoms with E-state index in [2.05, 4.69) is 92.8 Å². The number of rotatable bonds is 2. The summed E-state index contributed by atoms with van der Waals surface area (Å²) < 4.78 is 7.71. The van der Waals surface area contributed by atoms with E-state index in [1.54, 1.807) is 0 Å². The van der Waals surface area contributed by atoms with E-state index in [0.717, 1.165) is 0 Å². The Kier molecular flexibility index (Phi) is 4.84. The van der Waals surface area contributed by atoms with E-state index in [1.807, 2.05) is 0 Å². The van der Waals surface area contributed by atoms with Crippen molar-refractivity contribution < 1.29 is 4.57 Å². The maximum absolute atomic E-state index is 2.57. The van der Waals surface area contributed by atoms with Crippen LogP contribution < -0.4 is 4.57 Å². The van der Waals surface area contributed by atoms with Crippen molar-refractivity contribution in [1.82, 2.24) is 13.9 Å². The Hall–Kier alpha value is -0.850. The van der Waals surface area contributed by atoms with Crippen molar-refractivity contribution in [3.8, 4) is 0 Å². The van der Waals surface area contributed by atoms with Gasteiger partial charge in [0, 0.05) is 25.2 Å². The molecule has 3 heterocycles. The van der Waals surface area contributed by atoms with E-state index in [4.69, 9.17) is 0 Å². The minimum absolute atomic E-state index is 0.219. The van der Waals surface area contributed by atoms with Gasteiger partial charge in [0.1, 0.15) is 23.3 Å². The summed E-state index contributed by atoms with van der Waals surface area (Å²) >= 11 is 0. The van der Waals surface area contributed by atoms with Gasteiger partial charge in [0.05, 0.1) is 20.2 Å². The van der Waals surface area contributed by atoms with Gasteiger partial charge in [0.2, 0.25) is 0 Å². The van der Waals surface area contributed by atoms with E-state index >= 15 is 0 Å². The molecule has 2 atom stereocenters. The lowest BCUT2D eigenvalue weighted by molar-refractivity contribution is -0.729. The SMILES string of the molecule is CC1=C(C)N(P(C)C)C2=Cc3n(P(C)C)c(C)c(C)[n+]3C(C)C(C)N21. The summed E-state index contributed by atoms with van der Waals surface area (Å²) in [5.41, 5.74) is 5.64. The van der Waals surface area contributed by atoms with Crippen molar-refractivity contribution in [2.75, 3.05) is 26.7 Å². The first kappa shape index (κ1) is 18.9. The number of imidazole rings is 1. The smallest absolute Gasteiger partial charge is 0.288 e. The molecular formula is C19H33N4P2+. The molecule has 25 heavy (non-hydrogen) atoms. The molecule has 6 heteroatoms. The van der Waals surface area contributed by atoms with E-state index in [9.17, 15) is 0 Å². The Labute approximate surface area is 155 Å². The summed E-state index contributed by atoms with van der Waals surface area (Å²) in [4.78, 5) is 2.57. The largest absolute Gasteiger partial charge is 0.323 e. The van der Waals surface area contributed by atoms with Crippen LogP contribution in [0.5, 0.6) is 0 Å². The van der Waals surface area contributed by atoms with E-state index < -0.39 is 0 Å². The zero-order valence-electron chi connectivity index (χ0n) is 17.4. The van der Waals surface area contributed by atoms with Crippen LogP contribution in [0.2, 0.25) is 0 Å². The molecular weight excluding hydrogens is 346 g/mol. The molecule has 138 valence electrons. The number of allylic oxidation sites excluding steroid dienone is 2. The number of aromatic nitrogens is 2. The van der Waals surface area contributed by atoms with Gasteiger partial charge in [0.25, 0.3) is 5.82 Å². The van der Waals surface area contributed by atoms with Crippen LogP contribution >= 0.6 is 16.1 Å². The summed E-state index contributed by atoms with van der Waals surface area (Å²) in [7, 11) is -0.438. The lowest BCUT2D eigenvalue weighted by Crippen LogP contribution is -2.49. The molecule has 2 aliphatic heterocycles. The van der Waals surface area contributed by atoms with Gasteiger partial charge in [-0.1, -0.05) is 0 Å². The van der Waals surface area contributed by atoms with E-state index in [1.165, 1.54) is 34.4 Å². The third-order valence-corrected chi connectivity index (χ3v) is 8.51. The molecule has 0 saturated carbocycles. The highest BCUT2D eigenvalue weighted by Gasteiger charge is 2.43. The van der Waals surface area contributed by atoms with Crippen molar-refractivity contribution in [3.63, 3.8) is 0 Å². The normalized spacial score (nSPS) is 23.4. The predicted octanol–water partition coefficient (Wildman–Crippen LogP) is 4.68. The molecule has 0 aromatic carbocycles. The molecule has 1 aromatic heterocycles. The van der Waals surface area contributed by atoms with Crippen LogP contribution in [0, 0.1) is 13.8 Å². The van der Waals surface area contributed by atoms with Crippen LogP contribution in [0.4, 0.5) is 0 Å². The minimum atomic E-state index is -0.219. The molecule has 0 spiro atoms. The van der Waals surface area contributed by atoms with Gasteiger partial charge in [-0.3, -0.25) is 0 Å². The fourth-order valence-electron chi connectivity index (χ4n) is 4.39. The van der Waals surface area contributed by atoms with Crippen LogP contribution in [-0.2, 0) is 0 Å². The first-order valence-electron chi connectivity index (χ1n) is 9.06. The molecule has 3 rings (SSSR count). The van der Waals surface area contributed by atoms with Crippen molar-refractivity contribution in [2.24, 2.45) is 0 Å². The molecule has 2 unspecified atom stereocenters. The zero-order valence-corrected chi connectivity index (χ0v) is 19.2. The summed E-state index contributed by atoms with van der Waals surface area (Å²) in [6.07, 6.45) is 2.45. The quantitative estimate of drug-likeness (QED) is 0.547. The van der Waals surface area contributed by atoms with Crippen molar-refractivity contribution in [2.45, 2.75) is 53.6 Å². The standard InChI is InChI=1S/C19H33N4P2/c1-12-13(2)21-15(4)17(6)23(25(9)10)19(21)11-18-20(12)14(3)16(5)22(18)24(7)8/h11-13H,1-10H3/q+1. The molecule has 0 saturated heterocycles. The average Bonchev–Trinajstić information content (AvgIpc) is 2.86. The Morgan fingerprint density at radius 2 is 1.52 bits per heavy atom. The van der Waals surface area contributed by atoms with E-state index in [-0.39, 0.29) is 16.1 Å². The van der Waals surface area contributed by atoms with Gasteiger partial charge in [-0.05, 0) is 62.4 Å². The highest BCUT2D eigenvalue weighted by Crippen LogP contribution is 2.49. The molecule has 0 bridgehead atoms. The fourth-order valence-corrected chi connectivity index (χ4v) is 7.01. The summed E-state index contributed by atoms with van der Waals surface area (Å²) in [5.74, 6) is 2.74. The maximum atomic E-state index is 2.57. The minimum Gasteiger partial charge on any atom is -0.323 e. The van der Waals surface area contributed by atoms with Crippen molar-refractivity contribution >= 4 is 22.2 Å². The Morgan fingerprint density at radius 1 is 0.920 bits per heavy atom. The monoisotopic (exact) mass is 379 g/mol. The van der Waals surface area contributed by atoms with Crippen LogP contribution in [0.1, 0.15) is 50.9 Å². The Morgan fingerprint density at radius 3 is 2.04 bits per heavy atom. The van der Waals surface area contributed by atoms with Gasteiger partial charge < -0.3 is 9.57 Å². The molecule has 0 radical (unpaired) electrons. The predicted molar refractivity (Wildman–Crippen MR) is 111 cm³/mol. The number of fused-ring (bicyclic) bond motifs is 2. The van der Waals surface area contributed by atoms with Gasteiger partial charge in [-0.25, -0.2) is 8.90 Å². The molecule has 0 aliphatic carbocycles. The molecule has 1 aromatic rings. The first-order chi connectivity index (χ1) is 11.6. The second kappa shape index (κ2) is 6.39. The second-order valence-corrected chi connectivity index (χ2v) is 11.9. The average molecular weight is 379 g/mol. The van der Waals surface area contributed by atoms with Crippen LogP contribution in [0.25, 0.3) is 6.08 Å². The third kappa shape index (κ3) is 2.60. The summed E-state index contributed by atoms with van der Waals surface area (Å²) in [5, 5.41) is 0. The molecule has 0 N–H and O–H groups in total. The fraction of sp³-hybridized carbons (Fsp3) is 0.632. The Balaban J connectivity index is 2.32. The maximum Gasteiger partial charge on any atom is 0.288 e. The topological polar surface area (TPSA) is 15.3 Å². The van der Waals surface area contributed by atoms with Crippen LogP contribution in [-0.4, -0.2) is 46.6 Å². The van der Waals surface area contributed by atoms with Crippen molar-refractivity contribution in [1.29, 1.82) is 0 Å². The van der Waals surface area contributed by atoms with Gasteiger partial charge in [-0.2, -0.15) is 0 Å². The summed E-state index contributed by atoms with van der Waals surface area (Å²) in [6.45, 7) is 23.3. The van der Waals surface area contributed by atoms with Gasteiger partial charge in [0.15, 0.2) is 0 Å². The zero-order chi connectivity index (χ0) is 18.8. The summed E-state index contributed by atoms with van der Waals surface area (Å²) in [6, 6.07) is 0.864. The molecule has 0 amide bonds. The lowest BCUT2D eigenvalue weighted by Gasteiger charge is -2.33. The lowest BCUT2D eigenvalue weighted by atomic mass is 10.1. The second-order valence-electron chi connectivity index (χ2n) is 7.74. The van der Waals surface area contributed by atoms with Crippen LogP contribution in [0.15, 0.2) is 17.2 Å². The number of hydrogen-bond acceptors (Lipinski definition) is 2. The van der Waals surface area contributed by atoms with Gasteiger partial charge >= 0.3 is 0 Å². The van der Waals surface area contributed by atoms with Crippen molar-refractivity contribution in [3.05, 3.63) is 34.4 Å². The van der Waals surface area contributed by atoms with Crippen LogP contribution in [0.3, 0.4) is 0 Å². The number of nitrogens with zero attached hydrogens (tertiary/aromatic N) is 4. The van der Waals surface area contributed by atoms with E-state index in [0.29, 0.717) is 12.1 Å². The third-order valence-electron chi connectivity index (χ3n) is 5.90. The molecule has 4 nitrogen and oxygen atoms in total. The van der Waals surface area contributed by atoms with Gasteiger partial charge in [-0.15, -0.1) is 0 Å². The Bertz CT molecular complexity index is 773. The number of hydrogen-bond donors (Lipinski definition) is 0.